The number of benzene rings is 1. The summed E-state index contributed by atoms with van der Waals surface area (Å²) in [5.74, 6) is 0. The lowest BCUT2D eigenvalue weighted by Gasteiger charge is -2.15. The quantitative estimate of drug-likeness (QED) is 0.679. The topological polar surface area (TPSA) is 77.5 Å². The van der Waals surface area contributed by atoms with Crippen LogP contribution in [0.25, 0.3) is 10.9 Å². The number of aromatic nitrogens is 1. The van der Waals surface area contributed by atoms with Gasteiger partial charge in [-0.3, -0.25) is 10.1 Å². The van der Waals surface area contributed by atoms with Crippen LogP contribution >= 0.6 is 0 Å². The third-order valence-corrected chi connectivity index (χ3v) is 3.51. The second-order valence-electron chi connectivity index (χ2n) is 4.70. The Kier molecular flexibility index (Phi) is 2.96. The minimum atomic E-state index is -0.398. The molecule has 2 atom stereocenters. The third-order valence-electron chi connectivity index (χ3n) is 3.51. The molecule has 1 aromatic carbocycles. The van der Waals surface area contributed by atoms with Gasteiger partial charge in [-0.15, -0.1) is 0 Å². The summed E-state index contributed by atoms with van der Waals surface area (Å²) in [5, 5.41) is 20.6. The first-order valence-electron chi connectivity index (χ1n) is 6.20. The van der Waals surface area contributed by atoms with Gasteiger partial charge in [-0.05, 0) is 25.0 Å². The Morgan fingerprint density at radius 2 is 2.26 bits per heavy atom. The van der Waals surface area contributed by atoms with E-state index in [0.717, 1.165) is 23.7 Å². The molecule has 0 bridgehead atoms. The molecule has 0 unspecified atom stereocenters. The lowest BCUT2D eigenvalue weighted by atomic mass is 10.2. The predicted molar refractivity (Wildman–Crippen MR) is 68.8 cm³/mol. The maximum atomic E-state index is 10.7. The fourth-order valence-electron chi connectivity index (χ4n) is 2.54. The van der Waals surface area contributed by atoms with Crippen LogP contribution in [0.4, 0.5) is 5.69 Å². The molecule has 19 heavy (non-hydrogen) atoms. The molecule has 1 aliphatic rings. The van der Waals surface area contributed by atoms with Crippen molar-refractivity contribution >= 4 is 16.6 Å². The summed E-state index contributed by atoms with van der Waals surface area (Å²) in [4.78, 5) is 10.3. The van der Waals surface area contributed by atoms with Gasteiger partial charge >= 0.3 is 0 Å². The van der Waals surface area contributed by atoms with E-state index in [4.69, 9.17) is 9.84 Å². The minimum Gasteiger partial charge on any atom is -0.394 e. The normalized spacial score (nSPS) is 23.0. The van der Waals surface area contributed by atoms with Crippen LogP contribution in [0.1, 0.15) is 19.1 Å². The van der Waals surface area contributed by atoms with Crippen molar-refractivity contribution in [1.82, 2.24) is 4.57 Å². The summed E-state index contributed by atoms with van der Waals surface area (Å²) in [6.07, 6.45) is 3.33. The molecule has 1 aromatic heterocycles. The van der Waals surface area contributed by atoms with Crippen molar-refractivity contribution < 1.29 is 14.8 Å². The van der Waals surface area contributed by atoms with E-state index >= 15 is 0 Å². The van der Waals surface area contributed by atoms with Gasteiger partial charge < -0.3 is 14.4 Å². The van der Waals surface area contributed by atoms with Crippen LogP contribution < -0.4 is 0 Å². The Bertz CT molecular complexity index is 622. The molecule has 0 saturated carbocycles. The Labute approximate surface area is 109 Å². The predicted octanol–water partition coefficient (Wildman–Crippen LogP) is 2.22. The van der Waals surface area contributed by atoms with Gasteiger partial charge in [0.15, 0.2) is 0 Å². The standard InChI is InChI=1S/C13H14N2O4/c16-8-11-2-4-13(19-11)14-6-5-9-7-10(15(17)18)1-3-12(9)14/h1,3,5-7,11,13,16H,2,4,8H2/t11-,13+/m0/s1. The number of hydrogen-bond donors (Lipinski definition) is 1. The van der Waals surface area contributed by atoms with E-state index in [1.54, 1.807) is 12.1 Å². The second kappa shape index (κ2) is 4.64. The van der Waals surface area contributed by atoms with Crippen LogP contribution in [0.2, 0.25) is 0 Å². The van der Waals surface area contributed by atoms with Gasteiger partial charge in [0.2, 0.25) is 0 Å². The Hall–Kier alpha value is -1.92. The molecule has 0 aliphatic carbocycles. The molecule has 2 aromatic rings. The number of ether oxygens (including phenoxy) is 1. The average Bonchev–Trinajstić information content (AvgIpc) is 3.03. The van der Waals surface area contributed by atoms with Gasteiger partial charge in [0.1, 0.15) is 6.23 Å². The first kappa shape index (κ1) is 12.1. The van der Waals surface area contributed by atoms with E-state index < -0.39 is 4.92 Å². The summed E-state index contributed by atoms with van der Waals surface area (Å²) >= 11 is 0. The summed E-state index contributed by atoms with van der Waals surface area (Å²) < 4.78 is 7.69. The maximum absolute atomic E-state index is 10.7. The highest BCUT2D eigenvalue weighted by Crippen LogP contribution is 2.32. The van der Waals surface area contributed by atoms with E-state index in [1.807, 2.05) is 16.8 Å². The van der Waals surface area contributed by atoms with E-state index in [1.165, 1.54) is 6.07 Å². The summed E-state index contributed by atoms with van der Waals surface area (Å²) in [6, 6.07) is 6.64. The first-order chi connectivity index (χ1) is 9.19. The van der Waals surface area contributed by atoms with Crippen molar-refractivity contribution in [1.29, 1.82) is 0 Å². The number of nitro benzene ring substituents is 1. The Morgan fingerprint density at radius 1 is 1.42 bits per heavy atom. The number of nitro groups is 1. The van der Waals surface area contributed by atoms with Crippen molar-refractivity contribution in [3.05, 3.63) is 40.6 Å². The van der Waals surface area contributed by atoms with Crippen LogP contribution in [-0.2, 0) is 4.74 Å². The van der Waals surface area contributed by atoms with Crippen molar-refractivity contribution in [2.24, 2.45) is 0 Å². The monoisotopic (exact) mass is 262 g/mol. The number of nitrogens with zero attached hydrogens (tertiary/aromatic N) is 2. The van der Waals surface area contributed by atoms with Gasteiger partial charge in [0, 0.05) is 23.7 Å². The Balaban J connectivity index is 1.95. The largest absolute Gasteiger partial charge is 0.394 e. The average molecular weight is 262 g/mol. The van der Waals surface area contributed by atoms with Crippen LogP contribution in [-0.4, -0.2) is 27.3 Å². The van der Waals surface area contributed by atoms with Crippen LogP contribution in [0.5, 0.6) is 0 Å². The molecule has 0 amide bonds. The van der Waals surface area contributed by atoms with Gasteiger partial charge in [-0.2, -0.15) is 0 Å². The number of non-ortho nitro benzene ring substituents is 1. The number of aliphatic hydroxyl groups is 1. The van der Waals surface area contributed by atoms with Gasteiger partial charge in [0.25, 0.3) is 5.69 Å². The summed E-state index contributed by atoms with van der Waals surface area (Å²) in [5.41, 5.74) is 1.00. The SMILES string of the molecule is O=[N+]([O-])c1ccc2c(ccn2[C@H]2CC[C@@H](CO)O2)c1. The molecule has 2 heterocycles. The van der Waals surface area contributed by atoms with Gasteiger partial charge in [-0.25, -0.2) is 0 Å². The molecule has 1 N–H and O–H groups in total. The number of rotatable bonds is 3. The van der Waals surface area contributed by atoms with E-state index in [9.17, 15) is 10.1 Å². The molecule has 1 saturated heterocycles. The van der Waals surface area contributed by atoms with Crippen molar-refractivity contribution in [3.8, 4) is 0 Å². The second-order valence-corrected chi connectivity index (χ2v) is 4.70. The van der Waals surface area contributed by atoms with Gasteiger partial charge in [0.05, 0.1) is 23.2 Å². The summed E-state index contributed by atoms with van der Waals surface area (Å²) in [6.45, 7) is 0.0289. The van der Waals surface area contributed by atoms with E-state index in [-0.39, 0.29) is 24.6 Å². The van der Waals surface area contributed by atoms with Crippen LogP contribution in [0.3, 0.4) is 0 Å². The molecule has 0 spiro atoms. The molecular weight excluding hydrogens is 248 g/mol. The zero-order valence-corrected chi connectivity index (χ0v) is 10.2. The molecular formula is C13H14N2O4. The molecule has 1 fully saturated rings. The molecule has 3 rings (SSSR count). The lowest BCUT2D eigenvalue weighted by Crippen LogP contribution is -2.13. The molecule has 100 valence electrons. The van der Waals surface area contributed by atoms with Crippen molar-refractivity contribution in [2.75, 3.05) is 6.61 Å². The number of aliphatic hydroxyl groups excluding tert-OH is 1. The maximum Gasteiger partial charge on any atom is 0.270 e. The lowest BCUT2D eigenvalue weighted by molar-refractivity contribution is -0.384. The zero-order chi connectivity index (χ0) is 13.4. The summed E-state index contributed by atoms with van der Waals surface area (Å²) in [7, 11) is 0. The van der Waals surface area contributed by atoms with E-state index in [0.29, 0.717) is 0 Å². The van der Waals surface area contributed by atoms with Gasteiger partial charge in [-0.1, -0.05) is 0 Å². The van der Waals surface area contributed by atoms with Crippen molar-refractivity contribution in [3.63, 3.8) is 0 Å². The molecule has 6 nitrogen and oxygen atoms in total. The zero-order valence-electron chi connectivity index (χ0n) is 10.2. The highest BCUT2D eigenvalue weighted by Gasteiger charge is 2.26. The first-order valence-corrected chi connectivity index (χ1v) is 6.20. The van der Waals surface area contributed by atoms with Crippen LogP contribution in [0.15, 0.2) is 30.5 Å². The van der Waals surface area contributed by atoms with E-state index in [2.05, 4.69) is 0 Å². The number of fused-ring (bicyclic) bond motifs is 1. The minimum absolute atomic E-state index is 0.0289. The van der Waals surface area contributed by atoms with Crippen molar-refractivity contribution in [2.45, 2.75) is 25.2 Å². The smallest absolute Gasteiger partial charge is 0.270 e. The molecule has 0 radical (unpaired) electrons. The molecule has 6 heteroatoms. The van der Waals surface area contributed by atoms with Crippen LogP contribution in [0, 0.1) is 10.1 Å². The Morgan fingerprint density at radius 3 is 2.95 bits per heavy atom. The molecule has 1 aliphatic heterocycles. The fraction of sp³-hybridized carbons (Fsp3) is 0.385. The highest BCUT2D eigenvalue weighted by atomic mass is 16.6. The fourth-order valence-corrected chi connectivity index (χ4v) is 2.54. The highest BCUT2D eigenvalue weighted by molar-refractivity contribution is 5.82. The number of hydrogen-bond acceptors (Lipinski definition) is 4. The third kappa shape index (κ3) is 2.09.